The topological polar surface area (TPSA) is 15.6 Å². The number of amidine groups is 1. The van der Waals surface area contributed by atoms with E-state index in [9.17, 15) is 0 Å². The molecule has 21 heavy (non-hydrogen) atoms. The molecule has 0 radical (unpaired) electrons. The minimum atomic E-state index is 0. The van der Waals surface area contributed by atoms with Crippen molar-refractivity contribution in [2.45, 2.75) is 12.5 Å². The number of fused-ring (bicyclic) bond motifs is 1. The molecule has 0 bridgehead atoms. The summed E-state index contributed by atoms with van der Waals surface area (Å²) in [7, 11) is 2.14. The minimum Gasteiger partial charge on any atom is -0.347 e. The predicted molar refractivity (Wildman–Crippen MR) is 103 cm³/mol. The van der Waals surface area contributed by atoms with Gasteiger partial charge in [-0.25, -0.2) is 4.99 Å². The first-order valence-corrected chi connectivity index (χ1v) is 8.00. The van der Waals surface area contributed by atoms with Gasteiger partial charge in [-0.05, 0) is 29.9 Å². The molecule has 1 atom stereocenters. The Labute approximate surface area is 147 Å². The lowest BCUT2D eigenvalue weighted by atomic mass is 9.97. The van der Waals surface area contributed by atoms with Crippen LogP contribution < -0.4 is 0 Å². The molecule has 0 spiro atoms. The molecular formula is C17H19IN2S. The maximum absolute atomic E-state index is 4.82. The summed E-state index contributed by atoms with van der Waals surface area (Å²) in [6, 6.07) is 19.5. The van der Waals surface area contributed by atoms with Gasteiger partial charge < -0.3 is 4.90 Å². The van der Waals surface area contributed by atoms with E-state index in [0.717, 1.165) is 17.3 Å². The van der Waals surface area contributed by atoms with Crippen LogP contribution in [0.2, 0.25) is 0 Å². The lowest BCUT2D eigenvalue weighted by molar-refractivity contribution is 0.383. The Bertz CT molecular complexity index is 628. The average molecular weight is 410 g/mol. The quantitative estimate of drug-likeness (QED) is 0.623. The van der Waals surface area contributed by atoms with Gasteiger partial charge in [-0.3, -0.25) is 0 Å². The highest BCUT2D eigenvalue weighted by Crippen LogP contribution is 2.34. The molecule has 0 fully saturated rings. The zero-order valence-corrected chi connectivity index (χ0v) is 15.3. The number of benzene rings is 2. The molecule has 4 heteroatoms. The van der Waals surface area contributed by atoms with Crippen molar-refractivity contribution < 1.29 is 0 Å². The summed E-state index contributed by atoms with van der Waals surface area (Å²) in [6.45, 7) is 0. The molecule has 0 saturated carbocycles. The van der Waals surface area contributed by atoms with E-state index in [1.54, 1.807) is 11.8 Å². The molecule has 3 rings (SSSR count). The molecule has 110 valence electrons. The van der Waals surface area contributed by atoms with E-state index in [0.29, 0.717) is 6.04 Å². The third-order valence-corrected chi connectivity index (χ3v) is 4.50. The summed E-state index contributed by atoms with van der Waals surface area (Å²) in [5.74, 6) is 0. The largest absolute Gasteiger partial charge is 0.347 e. The molecule has 1 aliphatic rings. The van der Waals surface area contributed by atoms with Gasteiger partial charge >= 0.3 is 0 Å². The van der Waals surface area contributed by atoms with Crippen LogP contribution in [0.3, 0.4) is 0 Å². The number of likely N-dealkylation sites (N-methyl/N-ethyl adjacent to an activating group) is 1. The number of para-hydroxylation sites is 1. The van der Waals surface area contributed by atoms with Crippen LogP contribution in [0.1, 0.15) is 17.2 Å². The summed E-state index contributed by atoms with van der Waals surface area (Å²) in [6.07, 6.45) is 3.08. The van der Waals surface area contributed by atoms with Gasteiger partial charge in [0.15, 0.2) is 5.17 Å². The van der Waals surface area contributed by atoms with Gasteiger partial charge in [0.1, 0.15) is 0 Å². The van der Waals surface area contributed by atoms with Crippen molar-refractivity contribution in [3.63, 3.8) is 0 Å². The number of halogens is 1. The van der Waals surface area contributed by atoms with Gasteiger partial charge in [-0.2, -0.15) is 0 Å². The van der Waals surface area contributed by atoms with Crippen LogP contribution in [0.4, 0.5) is 5.69 Å². The van der Waals surface area contributed by atoms with Crippen LogP contribution in [0.25, 0.3) is 0 Å². The van der Waals surface area contributed by atoms with E-state index in [4.69, 9.17) is 4.99 Å². The lowest BCUT2D eigenvalue weighted by Crippen LogP contribution is -2.29. The van der Waals surface area contributed by atoms with Crippen LogP contribution >= 0.6 is 35.7 Å². The van der Waals surface area contributed by atoms with E-state index in [2.05, 4.69) is 72.8 Å². The Morgan fingerprint density at radius 2 is 1.71 bits per heavy atom. The molecule has 2 aromatic rings. The van der Waals surface area contributed by atoms with Gasteiger partial charge in [-0.1, -0.05) is 60.3 Å². The van der Waals surface area contributed by atoms with E-state index in [-0.39, 0.29) is 24.0 Å². The second-order valence-electron chi connectivity index (χ2n) is 4.97. The third-order valence-electron chi connectivity index (χ3n) is 3.76. The molecule has 1 unspecified atom stereocenters. The Hall–Kier alpha value is -1.01. The summed E-state index contributed by atoms with van der Waals surface area (Å²) in [4.78, 5) is 7.11. The highest BCUT2D eigenvalue weighted by Gasteiger charge is 2.24. The molecule has 0 aromatic heterocycles. The molecule has 0 amide bonds. The zero-order valence-electron chi connectivity index (χ0n) is 12.2. The monoisotopic (exact) mass is 410 g/mol. The van der Waals surface area contributed by atoms with Crippen molar-refractivity contribution in [3.05, 3.63) is 65.7 Å². The fraction of sp³-hybridized carbons (Fsp3) is 0.235. The molecule has 2 aromatic carbocycles. The fourth-order valence-corrected chi connectivity index (χ4v) is 3.26. The van der Waals surface area contributed by atoms with Gasteiger partial charge in [0.05, 0.1) is 11.7 Å². The second kappa shape index (κ2) is 7.31. The van der Waals surface area contributed by atoms with E-state index in [1.165, 1.54) is 11.1 Å². The molecule has 0 N–H and O–H groups in total. The number of hydrogen-bond acceptors (Lipinski definition) is 3. The molecular weight excluding hydrogens is 391 g/mol. The van der Waals surface area contributed by atoms with E-state index < -0.39 is 0 Å². The Balaban J connectivity index is 0.00000161. The Morgan fingerprint density at radius 1 is 1.05 bits per heavy atom. The van der Waals surface area contributed by atoms with Gasteiger partial charge in [0, 0.05) is 7.05 Å². The van der Waals surface area contributed by atoms with Crippen LogP contribution in [0, 0.1) is 0 Å². The number of rotatable bonds is 1. The first-order valence-electron chi connectivity index (χ1n) is 6.78. The Kier molecular flexibility index (Phi) is 5.70. The lowest BCUT2D eigenvalue weighted by Gasteiger charge is -2.28. The first-order chi connectivity index (χ1) is 9.79. The maximum atomic E-state index is 4.82. The number of aliphatic imine (C=N–C) groups is 1. The van der Waals surface area contributed by atoms with E-state index >= 15 is 0 Å². The van der Waals surface area contributed by atoms with Crippen LogP contribution in [0.5, 0.6) is 0 Å². The minimum absolute atomic E-state index is 0. The SMILES string of the molecule is CSC1=Nc2ccccc2CC(c2ccccc2)N1C.I. The summed E-state index contributed by atoms with van der Waals surface area (Å²) in [5.41, 5.74) is 3.76. The van der Waals surface area contributed by atoms with Gasteiger partial charge in [-0.15, -0.1) is 24.0 Å². The first kappa shape index (κ1) is 16.4. The molecule has 1 aliphatic heterocycles. The van der Waals surface area contributed by atoms with Crippen LogP contribution in [0.15, 0.2) is 59.6 Å². The zero-order chi connectivity index (χ0) is 13.9. The Morgan fingerprint density at radius 3 is 2.43 bits per heavy atom. The predicted octanol–water partition coefficient (Wildman–Crippen LogP) is 4.88. The van der Waals surface area contributed by atoms with Crippen molar-refractivity contribution in [1.29, 1.82) is 0 Å². The van der Waals surface area contributed by atoms with Gasteiger partial charge in [0.2, 0.25) is 0 Å². The van der Waals surface area contributed by atoms with Crippen molar-refractivity contribution in [2.24, 2.45) is 4.99 Å². The average Bonchev–Trinajstić information content (AvgIpc) is 2.65. The van der Waals surface area contributed by atoms with Crippen molar-refractivity contribution in [2.75, 3.05) is 13.3 Å². The summed E-state index contributed by atoms with van der Waals surface area (Å²) in [5, 5.41) is 1.07. The highest BCUT2D eigenvalue weighted by atomic mass is 127. The summed E-state index contributed by atoms with van der Waals surface area (Å²) >= 11 is 1.71. The van der Waals surface area contributed by atoms with Gasteiger partial charge in [0.25, 0.3) is 0 Å². The molecule has 2 nitrogen and oxygen atoms in total. The molecule has 0 aliphatic carbocycles. The fourth-order valence-electron chi connectivity index (χ4n) is 2.66. The van der Waals surface area contributed by atoms with E-state index in [1.807, 2.05) is 0 Å². The van der Waals surface area contributed by atoms with Crippen LogP contribution in [-0.2, 0) is 6.42 Å². The smallest absolute Gasteiger partial charge is 0.164 e. The standard InChI is InChI=1S/C17H18N2S.HI/c1-19-16(13-8-4-3-5-9-13)12-14-10-6-7-11-15(14)18-17(19)20-2;/h3-11,16H,12H2,1-2H3;1H. The second-order valence-corrected chi connectivity index (χ2v) is 5.74. The van der Waals surface area contributed by atoms with Crippen molar-refractivity contribution in [3.8, 4) is 0 Å². The number of thioether (sulfide) groups is 1. The highest BCUT2D eigenvalue weighted by molar-refractivity contribution is 14.0. The number of nitrogens with zero attached hydrogens (tertiary/aromatic N) is 2. The maximum Gasteiger partial charge on any atom is 0.164 e. The normalized spacial score (nSPS) is 17.3. The third kappa shape index (κ3) is 3.43. The molecule has 1 heterocycles. The van der Waals surface area contributed by atoms with Crippen LogP contribution in [-0.4, -0.2) is 23.4 Å². The molecule has 0 saturated heterocycles. The van der Waals surface area contributed by atoms with Crippen molar-refractivity contribution in [1.82, 2.24) is 4.90 Å². The summed E-state index contributed by atoms with van der Waals surface area (Å²) < 4.78 is 0. The van der Waals surface area contributed by atoms with Crippen molar-refractivity contribution >= 4 is 46.6 Å². The number of hydrogen-bond donors (Lipinski definition) is 0.